The van der Waals surface area contributed by atoms with Crippen molar-refractivity contribution in [2.24, 2.45) is 0 Å². The first-order valence-corrected chi connectivity index (χ1v) is 7.78. The second-order valence-corrected chi connectivity index (χ2v) is 5.69. The van der Waals surface area contributed by atoms with Crippen molar-refractivity contribution in [3.63, 3.8) is 0 Å². The standard InChI is InChI=1S/C17H18N6O/c1-24-12-4-2-11(3-5-12)16-20-13-7-9-23(10-14(13)21-16)17-19-8-6-15(18)22-17/h2-6,8H,7,9-10H2,1H3,(H,20,21)(H2,18,19,22). The third kappa shape index (κ3) is 2.64. The molecule has 0 radical (unpaired) electrons. The number of hydrogen-bond donors (Lipinski definition) is 2. The first-order chi connectivity index (χ1) is 11.7. The summed E-state index contributed by atoms with van der Waals surface area (Å²) in [7, 11) is 1.66. The first kappa shape index (κ1) is 14.5. The predicted octanol–water partition coefficient (Wildman–Crippen LogP) is 2.02. The van der Waals surface area contributed by atoms with Gasteiger partial charge in [0.2, 0.25) is 5.95 Å². The van der Waals surface area contributed by atoms with Crippen LogP contribution in [-0.4, -0.2) is 33.6 Å². The van der Waals surface area contributed by atoms with Crippen molar-refractivity contribution in [1.82, 2.24) is 19.9 Å². The smallest absolute Gasteiger partial charge is 0.227 e. The Labute approximate surface area is 139 Å². The number of nitrogen functional groups attached to an aromatic ring is 1. The SMILES string of the molecule is COc1ccc(-c2nc3c([nH]2)CN(c2nccc(N)n2)CC3)cc1. The Bertz CT molecular complexity index is 858. The molecule has 1 aliphatic rings. The summed E-state index contributed by atoms with van der Waals surface area (Å²) in [6, 6.07) is 9.56. The van der Waals surface area contributed by atoms with Gasteiger partial charge in [-0.05, 0) is 30.3 Å². The molecule has 2 aromatic heterocycles. The number of imidazole rings is 1. The predicted molar refractivity (Wildman–Crippen MR) is 91.8 cm³/mol. The molecule has 7 heteroatoms. The molecule has 3 N–H and O–H groups in total. The van der Waals surface area contributed by atoms with Gasteiger partial charge < -0.3 is 20.4 Å². The Morgan fingerprint density at radius 2 is 2.00 bits per heavy atom. The van der Waals surface area contributed by atoms with Gasteiger partial charge in [0.05, 0.1) is 25.0 Å². The van der Waals surface area contributed by atoms with Crippen molar-refractivity contribution in [3.05, 3.63) is 47.9 Å². The number of aromatic amines is 1. The zero-order valence-corrected chi connectivity index (χ0v) is 13.4. The molecule has 1 aliphatic heterocycles. The monoisotopic (exact) mass is 322 g/mol. The molecular formula is C17H18N6O. The van der Waals surface area contributed by atoms with E-state index in [0.29, 0.717) is 18.3 Å². The summed E-state index contributed by atoms with van der Waals surface area (Å²) in [6.45, 7) is 1.52. The lowest BCUT2D eigenvalue weighted by Crippen LogP contribution is -2.31. The Morgan fingerprint density at radius 3 is 2.75 bits per heavy atom. The summed E-state index contributed by atoms with van der Waals surface area (Å²) in [5, 5.41) is 0. The number of fused-ring (bicyclic) bond motifs is 1. The van der Waals surface area contributed by atoms with Crippen molar-refractivity contribution in [1.29, 1.82) is 0 Å². The van der Waals surface area contributed by atoms with Gasteiger partial charge in [-0.15, -0.1) is 0 Å². The number of anilines is 2. The summed E-state index contributed by atoms with van der Waals surface area (Å²) in [5.74, 6) is 2.84. The third-order valence-electron chi connectivity index (χ3n) is 4.14. The second-order valence-electron chi connectivity index (χ2n) is 5.69. The highest BCUT2D eigenvalue weighted by Crippen LogP contribution is 2.25. The fourth-order valence-electron chi connectivity index (χ4n) is 2.86. The molecule has 7 nitrogen and oxygen atoms in total. The molecule has 0 spiro atoms. The number of hydrogen-bond acceptors (Lipinski definition) is 6. The number of rotatable bonds is 3. The van der Waals surface area contributed by atoms with E-state index in [9.17, 15) is 0 Å². The van der Waals surface area contributed by atoms with E-state index in [4.69, 9.17) is 15.5 Å². The molecule has 1 aromatic carbocycles. The van der Waals surface area contributed by atoms with Crippen LogP contribution in [0.5, 0.6) is 5.75 Å². The molecular weight excluding hydrogens is 304 g/mol. The molecule has 0 saturated carbocycles. The van der Waals surface area contributed by atoms with Gasteiger partial charge in [0, 0.05) is 24.7 Å². The van der Waals surface area contributed by atoms with Crippen LogP contribution in [0.2, 0.25) is 0 Å². The number of ether oxygens (including phenoxy) is 1. The van der Waals surface area contributed by atoms with Gasteiger partial charge in [0.15, 0.2) is 0 Å². The van der Waals surface area contributed by atoms with Crippen LogP contribution in [0.25, 0.3) is 11.4 Å². The fourth-order valence-corrected chi connectivity index (χ4v) is 2.86. The normalized spacial score (nSPS) is 13.6. The van der Waals surface area contributed by atoms with E-state index in [-0.39, 0.29) is 0 Å². The number of nitrogens with one attached hydrogen (secondary N) is 1. The molecule has 0 amide bonds. The van der Waals surface area contributed by atoms with Crippen molar-refractivity contribution in [3.8, 4) is 17.1 Å². The van der Waals surface area contributed by atoms with E-state index in [0.717, 1.165) is 41.5 Å². The lowest BCUT2D eigenvalue weighted by molar-refractivity contribution is 0.415. The van der Waals surface area contributed by atoms with Gasteiger partial charge >= 0.3 is 0 Å². The summed E-state index contributed by atoms with van der Waals surface area (Å²) in [6.07, 6.45) is 2.53. The van der Waals surface area contributed by atoms with Crippen LogP contribution in [0.3, 0.4) is 0 Å². The molecule has 0 unspecified atom stereocenters. The van der Waals surface area contributed by atoms with Crippen molar-refractivity contribution < 1.29 is 4.74 Å². The maximum atomic E-state index is 5.76. The van der Waals surface area contributed by atoms with Crippen LogP contribution < -0.4 is 15.4 Å². The Hall–Kier alpha value is -3.09. The average molecular weight is 322 g/mol. The van der Waals surface area contributed by atoms with Gasteiger partial charge in [-0.1, -0.05) is 0 Å². The number of benzene rings is 1. The Kier molecular flexibility index (Phi) is 3.53. The molecule has 0 bridgehead atoms. The summed E-state index contributed by atoms with van der Waals surface area (Å²) >= 11 is 0. The molecule has 122 valence electrons. The van der Waals surface area contributed by atoms with E-state index in [1.54, 1.807) is 19.4 Å². The minimum absolute atomic E-state index is 0.481. The first-order valence-electron chi connectivity index (χ1n) is 7.78. The molecule has 0 fully saturated rings. The van der Waals surface area contributed by atoms with Gasteiger partial charge in [-0.25, -0.2) is 9.97 Å². The van der Waals surface area contributed by atoms with Crippen LogP contribution in [0.4, 0.5) is 11.8 Å². The minimum Gasteiger partial charge on any atom is -0.497 e. The topological polar surface area (TPSA) is 93.0 Å². The molecule has 0 saturated heterocycles. The Balaban J connectivity index is 1.59. The van der Waals surface area contributed by atoms with E-state index in [1.165, 1.54) is 0 Å². The maximum Gasteiger partial charge on any atom is 0.227 e. The van der Waals surface area contributed by atoms with Gasteiger partial charge in [0.1, 0.15) is 17.4 Å². The fraction of sp³-hybridized carbons (Fsp3) is 0.235. The zero-order chi connectivity index (χ0) is 16.5. The molecule has 4 rings (SSSR count). The molecule has 3 aromatic rings. The van der Waals surface area contributed by atoms with Crippen LogP contribution in [0, 0.1) is 0 Å². The van der Waals surface area contributed by atoms with E-state index in [2.05, 4.69) is 19.9 Å². The van der Waals surface area contributed by atoms with Crippen molar-refractivity contribution in [2.45, 2.75) is 13.0 Å². The van der Waals surface area contributed by atoms with E-state index >= 15 is 0 Å². The highest BCUT2D eigenvalue weighted by molar-refractivity contribution is 5.58. The second kappa shape index (κ2) is 5.84. The molecule has 24 heavy (non-hydrogen) atoms. The quantitative estimate of drug-likeness (QED) is 0.766. The summed E-state index contributed by atoms with van der Waals surface area (Å²) in [5.41, 5.74) is 8.99. The van der Waals surface area contributed by atoms with E-state index < -0.39 is 0 Å². The average Bonchev–Trinajstić information content (AvgIpc) is 3.05. The largest absolute Gasteiger partial charge is 0.497 e. The van der Waals surface area contributed by atoms with Crippen molar-refractivity contribution >= 4 is 11.8 Å². The van der Waals surface area contributed by atoms with Gasteiger partial charge in [-0.3, -0.25) is 0 Å². The van der Waals surface area contributed by atoms with Crippen LogP contribution in [0.1, 0.15) is 11.4 Å². The van der Waals surface area contributed by atoms with Crippen molar-refractivity contribution in [2.75, 3.05) is 24.3 Å². The number of nitrogens with zero attached hydrogens (tertiary/aromatic N) is 4. The highest BCUT2D eigenvalue weighted by Gasteiger charge is 2.22. The van der Waals surface area contributed by atoms with E-state index in [1.807, 2.05) is 24.3 Å². The summed E-state index contributed by atoms with van der Waals surface area (Å²) in [4.78, 5) is 18.9. The molecule has 0 aliphatic carbocycles. The zero-order valence-electron chi connectivity index (χ0n) is 13.4. The number of nitrogens with two attached hydrogens (primary N) is 1. The minimum atomic E-state index is 0.481. The lowest BCUT2D eigenvalue weighted by atomic mass is 10.1. The highest BCUT2D eigenvalue weighted by atomic mass is 16.5. The number of methoxy groups -OCH3 is 1. The van der Waals surface area contributed by atoms with Gasteiger partial charge in [-0.2, -0.15) is 4.98 Å². The number of H-pyrrole nitrogens is 1. The lowest BCUT2D eigenvalue weighted by Gasteiger charge is -2.26. The third-order valence-corrected chi connectivity index (χ3v) is 4.14. The molecule has 0 atom stereocenters. The van der Waals surface area contributed by atoms with Crippen LogP contribution >= 0.6 is 0 Å². The summed E-state index contributed by atoms with van der Waals surface area (Å²) < 4.78 is 5.20. The van der Waals surface area contributed by atoms with Crippen LogP contribution in [0.15, 0.2) is 36.5 Å². The maximum absolute atomic E-state index is 5.76. The van der Waals surface area contributed by atoms with Gasteiger partial charge in [0.25, 0.3) is 0 Å². The van der Waals surface area contributed by atoms with Crippen LogP contribution in [-0.2, 0) is 13.0 Å². The Morgan fingerprint density at radius 1 is 1.17 bits per heavy atom. The number of aromatic nitrogens is 4. The molecule has 3 heterocycles.